The zero-order valence-electron chi connectivity index (χ0n) is 14.4. The number of benzene rings is 1. The first-order chi connectivity index (χ1) is 11.4. The van der Waals surface area contributed by atoms with E-state index >= 15 is 0 Å². The lowest BCUT2D eigenvalue weighted by atomic mass is 10.1. The smallest absolute Gasteiger partial charge is 0.223 e. The van der Waals surface area contributed by atoms with E-state index in [0.29, 0.717) is 32.7 Å². The molecule has 0 bridgehead atoms. The molecule has 2 N–H and O–H groups in total. The fourth-order valence-corrected chi connectivity index (χ4v) is 2.91. The standard InChI is InChI=1S/C17H25N3O4/c1-12(21)20-7-6-19(10-14(11-20)17(18)22)9-13-4-5-15(23-2)8-16(13)24-3/h4-5,8,14H,6-7,9-11H2,1-3H3,(H2,18,22). The average Bonchev–Trinajstić information content (AvgIpc) is 2.78. The van der Waals surface area contributed by atoms with Gasteiger partial charge in [-0.2, -0.15) is 0 Å². The van der Waals surface area contributed by atoms with Crippen molar-refractivity contribution in [1.29, 1.82) is 0 Å². The van der Waals surface area contributed by atoms with Crippen molar-refractivity contribution in [2.24, 2.45) is 11.7 Å². The highest BCUT2D eigenvalue weighted by Crippen LogP contribution is 2.26. The van der Waals surface area contributed by atoms with E-state index in [0.717, 1.165) is 17.1 Å². The maximum atomic E-state index is 11.7. The molecule has 2 amide bonds. The minimum Gasteiger partial charge on any atom is -0.497 e. The number of hydrogen-bond donors (Lipinski definition) is 1. The first-order valence-corrected chi connectivity index (χ1v) is 7.92. The van der Waals surface area contributed by atoms with Gasteiger partial charge >= 0.3 is 0 Å². The van der Waals surface area contributed by atoms with Crippen LogP contribution in [0.2, 0.25) is 0 Å². The molecule has 1 aliphatic heterocycles. The van der Waals surface area contributed by atoms with E-state index in [2.05, 4.69) is 4.90 Å². The Hall–Kier alpha value is -2.28. The molecule has 1 heterocycles. The number of methoxy groups -OCH3 is 2. The molecule has 1 aromatic carbocycles. The number of primary amides is 1. The van der Waals surface area contributed by atoms with Crippen LogP contribution in [0.15, 0.2) is 18.2 Å². The zero-order chi connectivity index (χ0) is 17.7. The summed E-state index contributed by atoms with van der Waals surface area (Å²) in [6.45, 7) is 4.29. The second-order valence-electron chi connectivity index (χ2n) is 5.98. The van der Waals surface area contributed by atoms with Crippen LogP contribution >= 0.6 is 0 Å². The molecule has 0 radical (unpaired) electrons. The first kappa shape index (κ1) is 18.1. The molecule has 1 saturated heterocycles. The molecule has 0 aliphatic carbocycles. The molecule has 2 rings (SSSR count). The van der Waals surface area contributed by atoms with Gasteiger partial charge in [-0.25, -0.2) is 0 Å². The summed E-state index contributed by atoms with van der Waals surface area (Å²) in [5, 5.41) is 0. The lowest BCUT2D eigenvalue weighted by Crippen LogP contribution is -2.39. The minimum absolute atomic E-state index is 0.0369. The summed E-state index contributed by atoms with van der Waals surface area (Å²) in [5.74, 6) is 0.669. The van der Waals surface area contributed by atoms with Gasteiger partial charge in [0.25, 0.3) is 0 Å². The van der Waals surface area contributed by atoms with Crippen molar-refractivity contribution in [1.82, 2.24) is 9.80 Å². The third-order valence-electron chi connectivity index (χ3n) is 4.34. The van der Waals surface area contributed by atoms with Crippen LogP contribution in [0.1, 0.15) is 12.5 Å². The Morgan fingerprint density at radius 3 is 2.54 bits per heavy atom. The van der Waals surface area contributed by atoms with Crippen LogP contribution in [0, 0.1) is 5.92 Å². The van der Waals surface area contributed by atoms with Crippen molar-refractivity contribution in [3.05, 3.63) is 23.8 Å². The molecule has 1 aliphatic rings. The number of nitrogens with two attached hydrogens (primary N) is 1. The normalized spacial score (nSPS) is 18.8. The summed E-state index contributed by atoms with van der Waals surface area (Å²) in [4.78, 5) is 27.2. The van der Waals surface area contributed by atoms with E-state index < -0.39 is 0 Å². The average molecular weight is 335 g/mol. The van der Waals surface area contributed by atoms with Gasteiger partial charge in [0, 0.05) is 51.3 Å². The monoisotopic (exact) mass is 335 g/mol. The molecular weight excluding hydrogens is 310 g/mol. The second-order valence-corrected chi connectivity index (χ2v) is 5.98. The number of nitrogens with zero attached hydrogens (tertiary/aromatic N) is 2. The highest BCUT2D eigenvalue weighted by molar-refractivity contribution is 5.79. The summed E-state index contributed by atoms with van der Waals surface area (Å²) in [6.07, 6.45) is 0. The summed E-state index contributed by atoms with van der Waals surface area (Å²) >= 11 is 0. The van der Waals surface area contributed by atoms with E-state index in [-0.39, 0.29) is 17.7 Å². The van der Waals surface area contributed by atoms with E-state index in [1.165, 1.54) is 6.92 Å². The summed E-state index contributed by atoms with van der Waals surface area (Å²) in [7, 11) is 3.22. The third-order valence-corrected chi connectivity index (χ3v) is 4.34. The number of carbonyl (C=O) groups is 2. The molecule has 0 aromatic heterocycles. The highest BCUT2D eigenvalue weighted by Gasteiger charge is 2.28. The van der Waals surface area contributed by atoms with E-state index in [9.17, 15) is 9.59 Å². The van der Waals surface area contributed by atoms with E-state index in [4.69, 9.17) is 15.2 Å². The Morgan fingerprint density at radius 1 is 1.21 bits per heavy atom. The fraction of sp³-hybridized carbons (Fsp3) is 0.529. The van der Waals surface area contributed by atoms with Gasteiger partial charge in [-0.1, -0.05) is 6.07 Å². The minimum atomic E-state index is -0.380. The van der Waals surface area contributed by atoms with E-state index in [1.54, 1.807) is 19.1 Å². The van der Waals surface area contributed by atoms with Crippen molar-refractivity contribution in [2.45, 2.75) is 13.5 Å². The van der Waals surface area contributed by atoms with Crippen molar-refractivity contribution in [3.8, 4) is 11.5 Å². The molecule has 24 heavy (non-hydrogen) atoms. The SMILES string of the molecule is COc1ccc(CN2CCN(C(C)=O)CC(C(N)=O)C2)c(OC)c1. The van der Waals surface area contributed by atoms with Gasteiger partial charge in [-0.3, -0.25) is 14.5 Å². The first-order valence-electron chi connectivity index (χ1n) is 7.92. The van der Waals surface area contributed by atoms with Gasteiger partial charge in [-0.05, 0) is 6.07 Å². The highest BCUT2D eigenvalue weighted by atomic mass is 16.5. The van der Waals surface area contributed by atoms with Crippen LogP contribution in [-0.2, 0) is 16.1 Å². The summed E-state index contributed by atoms with van der Waals surface area (Å²) < 4.78 is 10.6. The van der Waals surface area contributed by atoms with Crippen LogP contribution in [0.3, 0.4) is 0 Å². The van der Waals surface area contributed by atoms with Gasteiger partial charge in [0.1, 0.15) is 11.5 Å². The lowest BCUT2D eigenvalue weighted by Gasteiger charge is -2.23. The number of carbonyl (C=O) groups excluding carboxylic acids is 2. The van der Waals surface area contributed by atoms with Crippen LogP contribution in [-0.4, -0.2) is 62.0 Å². The van der Waals surface area contributed by atoms with Crippen LogP contribution in [0.4, 0.5) is 0 Å². The van der Waals surface area contributed by atoms with Gasteiger partial charge in [0.05, 0.1) is 20.1 Å². The molecule has 1 atom stereocenters. The van der Waals surface area contributed by atoms with Gasteiger partial charge < -0.3 is 20.1 Å². The molecule has 0 spiro atoms. The number of rotatable bonds is 5. The Morgan fingerprint density at radius 2 is 1.96 bits per heavy atom. The lowest BCUT2D eigenvalue weighted by molar-refractivity contribution is -0.130. The fourth-order valence-electron chi connectivity index (χ4n) is 2.91. The largest absolute Gasteiger partial charge is 0.497 e. The van der Waals surface area contributed by atoms with Gasteiger partial charge in [0.15, 0.2) is 0 Å². The molecule has 1 unspecified atom stereocenters. The maximum Gasteiger partial charge on any atom is 0.223 e. The second kappa shape index (κ2) is 8.01. The van der Waals surface area contributed by atoms with Gasteiger partial charge in [-0.15, -0.1) is 0 Å². The third kappa shape index (κ3) is 4.38. The topological polar surface area (TPSA) is 85.1 Å². The van der Waals surface area contributed by atoms with Gasteiger partial charge in [0.2, 0.25) is 11.8 Å². The predicted molar refractivity (Wildman–Crippen MR) is 89.8 cm³/mol. The Balaban J connectivity index is 2.16. The molecular formula is C17H25N3O4. The van der Waals surface area contributed by atoms with Crippen LogP contribution in [0.25, 0.3) is 0 Å². The Labute approximate surface area is 142 Å². The summed E-state index contributed by atoms with van der Waals surface area (Å²) in [5.41, 5.74) is 6.50. The molecule has 7 nitrogen and oxygen atoms in total. The number of hydrogen-bond acceptors (Lipinski definition) is 5. The van der Waals surface area contributed by atoms with Crippen molar-refractivity contribution >= 4 is 11.8 Å². The van der Waals surface area contributed by atoms with Crippen LogP contribution < -0.4 is 15.2 Å². The summed E-state index contributed by atoms with van der Waals surface area (Å²) in [6, 6.07) is 5.66. The molecule has 132 valence electrons. The molecule has 0 saturated carbocycles. The molecule has 7 heteroatoms. The molecule has 1 aromatic rings. The van der Waals surface area contributed by atoms with Crippen molar-refractivity contribution in [2.75, 3.05) is 40.4 Å². The Bertz CT molecular complexity index is 605. The maximum absolute atomic E-state index is 11.7. The molecule has 1 fully saturated rings. The predicted octanol–water partition coefficient (Wildman–Crippen LogP) is 0.469. The van der Waals surface area contributed by atoms with E-state index in [1.807, 2.05) is 18.2 Å². The Kier molecular flexibility index (Phi) is 6.03. The zero-order valence-corrected chi connectivity index (χ0v) is 14.4. The quantitative estimate of drug-likeness (QED) is 0.845. The number of amides is 2. The van der Waals surface area contributed by atoms with Crippen LogP contribution in [0.5, 0.6) is 11.5 Å². The van der Waals surface area contributed by atoms with Crippen molar-refractivity contribution in [3.63, 3.8) is 0 Å². The number of ether oxygens (including phenoxy) is 2. The van der Waals surface area contributed by atoms with Crippen molar-refractivity contribution < 1.29 is 19.1 Å².